The molecule has 11 nitrogen and oxygen atoms in total. The summed E-state index contributed by atoms with van der Waals surface area (Å²) in [5.74, 6) is -1.23. The van der Waals surface area contributed by atoms with E-state index in [1.54, 1.807) is 0 Å². The van der Waals surface area contributed by atoms with E-state index in [9.17, 15) is 28.1 Å². The number of rotatable bonds is 12. The van der Waals surface area contributed by atoms with E-state index in [-0.39, 0.29) is 27.5 Å². The van der Waals surface area contributed by atoms with Gasteiger partial charge in [-0.25, -0.2) is 8.42 Å². The highest BCUT2D eigenvalue weighted by Crippen LogP contribution is 2.24. The van der Waals surface area contributed by atoms with Gasteiger partial charge in [-0.15, -0.1) is 0 Å². The van der Waals surface area contributed by atoms with Crippen LogP contribution in [0.4, 0.5) is 5.69 Å². The van der Waals surface area contributed by atoms with E-state index in [1.165, 1.54) is 58.4 Å². The molecule has 0 aliphatic carbocycles. The molecule has 38 heavy (non-hydrogen) atoms. The first kappa shape index (κ1) is 29.1. The van der Waals surface area contributed by atoms with E-state index < -0.39 is 26.8 Å². The second-order valence-corrected chi connectivity index (χ2v) is 11.5. The minimum absolute atomic E-state index is 0.0937. The van der Waals surface area contributed by atoms with Gasteiger partial charge in [-0.05, 0) is 43.2 Å². The average molecular weight is 563 g/mol. The number of ether oxygens (including phenoxy) is 1. The van der Waals surface area contributed by atoms with Crippen molar-refractivity contribution in [2.75, 3.05) is 20.2 Å². The van der Waals surface area contributed by atoms with Crippen molar-refractivity contribution < 1.29 is 27.7 Å². The van der Waals surface area contributed by atoms with Crippen molar-refractivity contribution in [3.63, 3.8) is 0 Å². The number of unbranched alkanes of at least 4 members (excludes halogenated alkanes) is 2. The zero-order valence-electron chi connectivity index (χ0n) is 21.5. The zero-order valence-corrected chi connectivity index (χ0v) is 23.1. The number of carbonyl (C=O) groups is 2. The lowest BCUT2D eigenvalue weighted by molar-refractivity contribution is -0.384. The molecule has 13 heteroatoms. The monoisotopic (exact) mass is 562 g/mol. The lowest BCUT2D eigenvalue weighted by Gasteiger charge is -2.22. The number of aromatic nitrogens is 1. The minimum atomic E-state index is -3.72. The van der Waals surface area contributed by atoms with Gasteiger partial charge in [0.25, 0.3) is 11.6 Å². The molecule has 0 aliphatic heterocycles. The molecule has 1 heterocycles. The molecule has 0 fully saturated rings. The summed E-state index contributed by atoms with van der Waals surface area (Å²) in [6, 6.07) is 9.72. The SMILES string of the molecule is CCCCN(CCCC)S(=O)(=O)c1ccc(C(=O)N=c2sc3cc([N+](=O)[O-])ccc3n2CC(=O)OC)cc1. The number of thiazole rings is 1. The fourth-order valence-corrected chi connectivity index (χ4v) is 6.28. The van der Waals surface area contributed by atoms with Gasteiger partial charge in [0.2, 0.25) is 10.0 Å². The summed E-state index contributed by atoms with van der Waals surface area (Å²) < 4.78 is 34.5. The van der Waals surface area contributed by atoms with Gasteiger partial charge in [0.05, 0.1) is 27.1 Å². The van der Waals surface area contributed by atoms with E-state index in [0.29, 0.717) is 23.3 Å². The molecule has 0 aliphatic rings. The number of nitro groups is 1. The summed E-state index contributed by atoms with van der Waals surface area (Å²) in [7, 11) is -2.49. The van der Waals surface area contributed by atoms with Gasteiger partial charge in [-0.1, -0.05) is 38.0 Å². The molecule has 0 atom stereocenters. The number of methoxy groups -OCH3 is 1. The normalized spacial score (nSPS) is 12.3. The molecule has 2 aromatic carbocycles. The number of esters is 1. The molecule has 3 aromatic rings. The van der Waals surface area contributed by atoms with Crippen LogP contribution in [0.1, 0.15) is 49.9 Å². The predicted molar refractivity (Wildman–Crippen MR) is 143 cm³/mol. The van der Waals surface area contributed by atoms with Crippen LogP contribution < -0.4 is 4.80 Å². The average Bonchev–Trinajstić information content (AvgIpc) is 3.24. The van der Waals surface area contributed by atoms with Crippen LogP contribution in [0.3, 0.4) is 0 Å². The molecule has 1 amide bonds. The molecule has 0 spiro atoms. The van der Waals surface area contributed by atoms with Crippen molar-refractivity contribution in [1.29, 1.82) is 0 Å². The number of hydrogen-bond acceptors (Lipinski definition) is 8. The molecular weight excluding hydrogens is 532 g/mol. The Morgan fingerprint density at radius 1 is 1.08 bits per heavy atom. The highest BCUT2D eigenvalue weighted by molar-refractivity contribution is 7.89. The number of amides is 1. The van der Waals surface area contributed by atoms with E-state index in [4.69, 9.17) is 4.74 Å². The summed E-state index contributed by atoms with van der Waals surface area (Å²) in [4.78, 5) is 40.0. The van der Waals surface area contributed by atoms with E-state index in [1.807, 2.05) is 13.8 Å². The Balaban J connectivity index is 1.97. The molecule has 204 valence electrons. The summed E-state index contributed by atoms with van der Waals surface area (Å²) in [5, 5.41) is 11.2. The highest BCUT2D eigenvalue weighted by atomic mass is 32.2. The van der Waals surface area contributed by atoms with Gasteiger partial charge in [-0.2, -0.15) is 9.30 Å². The van der Waals surface area contributed by atoms with E-state index in [0.717, 1.165) is 37.0 Å². The summed E-state index contributed by atoms with van der Waals surface area (Å²) in [5.41, 5.74) is 0.509. The van der Waals surface area contributed by atoms with Gasteiger partial charge in [-0.3, -0.25) is 19.7 Å². The Labute approximate surface area is 224 Å². The molecule has 3 rings (SSSR count). The van der Waals surface area contributed by atoms with E-state index >= 15 is 0 Å². The van der Waals surface area contributed by atoms with Crippen molar-refractivity contribution in [2.45, 2.75) is 51.0 Å². The van der Waals surface area contributed by atoms with Crippen LogP contribution in [0.5, 0.6) is 0 Å². The van der Waals surface area contributed by atoms with Crippen LogP contribution in [0.15, 0.2) is 52.4 Å². The van der Waals surface area contributed by atoms with Crippen LogP contribution in [0.25, 0.3) is 10.2 Å². The zero-order chi connectivity index (χ0) is 27.9. The second-order valence-electron chi connectivity index (χ2n) is 8.51. The van der Waals surface area contributed by atoms with Crippen molar-refractivity contribution >= 4 is 49.1 Å². The maximum absolute atomic E-state index is 13.2. The fourth-order valence-electron chi connectivity index (χ4n) is 3.70. The molecule has 0 N–H and O–H groups in total. The third-order valence-corrected chi connectivity index (χ3v) is 8.80. The summed E-state index contributed by atoms with van der Waals surface area (Å²) in [6.07, 6.45) is 3.24. The Morgan fingerprint density at radius 3 is 2.26 bits per heavy atom. The maximum atomic E-state index is 13.2. The second kappa shape index (κ2) is 12.9. The largest absolute Gasteiger partial charge is 0.468 e. The molecule has 0 bridgehead atoms. The molecule has 0 saturated heterocycles. The van der Waals surface area contributed by atoms with Crippen LogP contribution in [-0.2, 0) is 26.1 Å². The van der Waals surface area contributed by atoms with Crippen LogP contribution in [0, 0.1) is 10.1 Å². The van der Waals surface area contributed by atoms with Crippen molar-refractivity contribution in [3.8, 4) is 0 Å². The van der Waals surface area contributed by atoms with Crippen molar-refractivity contribution in [3.05, 3.63) is 62.9 Å². The van der Waals surface area contributed by atoms with Gasteiger partial charge in [0, 0.05) is 30.8 Å². The van der Waals surface area contributed by atoms with Gasteiger partial charge >= 0.3 is 5.97 Å². The standard InChI is InChI=1S/C25H30N4O7S2/c1-4-6-14-27(15-7-5-2)38(34,35)20-11-8-18(9-12-20)24(31)26-25-28(17-23(30)36-3)21-13-10-19(29(32)33)16-22(21)37-25/h8-13,16H,4-7,14-15,17H2,1-3H3. The summed E-state index contributed by atoms with van der Waals surface area (Å²) in [6.45, 7) is 4.61. The smallest absolute Gasteiger partial charge is 0.325 e. The van der Waals surface area contributed by atoms with Crippen LogP contribution in [0.2, 0.25) is 0 Å². The Morgan fingerprint density at radius 2 is 1.71 bits per heavy atom. The molecule has 1 aromatic heterocycles. The predicted octanol–water partition coefficient (Wildman–Crippen LogP) is 4.12. The van der Waals surface area contributed by atoms with Gasteiger partial charge < -0.3 is 9.30 Å². The first-order valence-electron chi connectivity index (χ1n) is 12.2. The Hall–Kier alpha value is -3.42. The highest BCUT2D eigenvalue weighted by Gasteiger charge is 2.24. The van der Waals surface area contributed by atoms with Gasteiger partial charge in [0.15, 0.2) is 4.80 Å². The van der Waals surface area contributed by atoms with E-state index in [2.05, 4.69) is 4.99 Å². The number of nitro benzene ring substituents is 1. The lowest BCUT2D eigenvalue weighted by Crippen LogP contribution is -2.33. The summed E-state index contributed by atoms with van der Waals surface area (Å²) >= 11 is 1.02. The number of non-ortho nitro benzene ring substituents is 1. The number of benzene rings is 2. The number of carbonyl (C=O) groups excluding carboxylic acids is 2. The Bertz CT molecular complexity index is 1480. The minimum Gasteiger partial charge on any atom is -0.468 e. The third-order valence-electron chi connectivity index (χ3n) is 5.85. The van der Waals surface area contributed by atoms with Gasteiger partial charge in [0.1, 0.15) is 6.54 Å². The van der Waals surface area contributed by atoms with Crippen molar-refractivity contribution in [2.24, 2.45) is 4.99 Å². The molecule has 0 radical (unpaired) electrons. The lowest BCUT2D eigenvalue weighted by atomic mass is 10.2. The first-order valence-corrected chi connectivity index (χ1v) is 14.4. The third kappa shape index (κ3) is 6.71. The van der Waals surface area contributed by atoms with Crippen LogP contribution >= 0.6 is 11.3 Å². The molecule has 0 unspecified atom stereocenters. The number of hydrogen-bond donors (Lipinski definition) is 0. The number of nitrogens with zero attached hydrogens (tertiary/aromatic N) is 4. The van der Waals surface area contributed by atoms with Crippen molar-refractivity contribution in [1.82, 2.24) is 8.87 Å². The topological polar surface area (TPSA) is 141 Å². The van der Waals surface area contributed by atoms with Crippen LogP contribution in [-0.4, -0.2) is 54.3 Å². The molecular formula is C25H30N4O7S2. The molecule has 0 saturated carbocycles. The maximum Gasteiger partial charge on any atom is 0.325 e. The number of sulfonamides is 1. The first-order chi connectivity index (χ1) is 18.1. The quantitative estimate of drug-likeness (QED) is 0.184. The number of fused-ring (bicyclic) bond motifs is 1. The Kier molecular flexibility index (Phi) is 9.89. The fraction of sp³-hybridized carbons (Fsp3) is 0.400.